The monoisotopic (exact) mass is 477 g/mol. The summed E-state index contributed by atoms with van der Waals surface area (Å²) in [6.07, 6.45) is 6.48. The molecule has 1 atom stereocenters. The largest absolute Gasteiger partial charge is 0.370 e. The van der Waals surface area contributed by atoms with Crippen molar-refractivity contribution in [2.75, 3.05) is 23.7 Å². The number of nitrogens with zero attached hydrogens (tertiary/aromatic N) is 4. The van der Waals surface area contributed by atoms with E-state index in [1.54, 1.807) is 10.5 Å². The van der Waals surface area contributed by atoms with Gasteiger partial charge >= 0.3 is 0 Å². The minimum atomic E-state index is -3.46. The molecule has 1 aliphatic heterocycles. The summed E-state index contributed by atoms with van der Waals surface area (Å²) in [4.78, 5) is 9.76. The lowest BCUT2D eigenvalue weighted by atomic mass is 10.1. The van der Waals surface area contributed by atoms with Crippen molar-refractivity contribution in [1.29, 1.82) is 5.26 Å². The standard InChI is InChI=1S/C26H31N5O2S/c1-2-15-34(32,33)31-19-23-16-22(18-27)10-11-25(23)30(14-6-9-26-28-12-13-29-26)20-24(31)17-21-7-4-3-5-8-21/h3-5,7-8,10-13,16,24H,2,6,9,14-15,17,19-20H2,1H3,(H,28,29). The van der Waals surface area contributed by atoms with Gasteiger partial charge in [0, 0.05) is 50.2 Å². The summed E-state index contributed by atoms with van der Waals surface area (Å²) in [5.41, 5.74) is 3.55. The highest BCUT2D eigenvalue weighted by Gasteiger charge is 2.35. The molecule has 0 saturated carbocycles. The molecular weight excluding hydrogens is 446 g/mol. The zero-order valence-corrected chi connectivity index (χ0v) is 20.3. The minimum Gasteiger partial charge on any atom is -0.370 e. The Morgan fingerprint density at radius 1 is 1.21 bits per heavy atom. The first-order valence-electron chi connectivity index (χ1n) is 11.8. The van der Waals surface area contributed by atoms with Gasteiger partial charge in [0.25, 0.3) is 0 Å². The molecule has 0 amide bonds. The molecule has 1 N–H and O–H groups in total. The first-order chi connectivity index (χ1) is 16.5. The Labute approximate surface area is 202 Å². The quantitative estimate of drug-likeness (QED) is 0.505. The molecule has 2 heterocycles. The first kappa shape index (κ1) is 24.0. The summed E-state index contributed by atoms with van der Waals surface area (Å²) in [7, 11) is -3.46. The van der Waals surface area contributed by atoms with E-state index >= 15 is 0 Å². The smallest absolute Gasteiger partial charge is 0.214 e. The van der Waals surface area contributed by atoms with Crippen LogP contribution in [-0.2, 0) is 29.4 Å². The fourth-order valence-corrected chi connectivity index (χ4v) is 6.35. The maximum Gasteiger partial charge on any atom is 0.214 e. The summed E-state index contributed by atoms with van der Waals surface area (Å²) < 4.78 is 28.5. The third kappa shape index (κ3) is 5.66. The summed E-state index contributed by atoms with van der Waals surface area (Å²) in [6.45, 7) is 3.53. The van der Waals surface area contributed by atoms with Gasteiger partial charge in [-0.15, -0.1) is 0 Å². The molecule has 2 aromatic carbocycles. The molecule has 1 unspecified atom stereocenters. The van der Waals surface area contributed by atoms with Gasteiger partial charge in [-0.1, -0.05) is 37.3 Å². The Hall–Kier alpha value is -3.15. The fourth-order valence-electron chi connectivity index (χ4n) is 4.67. The molecule has 0 spiro atoms. The highest BCUT2D eigenvalue weighted by Crippen LogP contribution is 2.31. The molecule has 7 nitrogen and oxygen atoms in total. The SMILES string of the molecule is CCCS(=O)(=O)N1Cc2cc(C#N)ccc2N(CCCc2ncc[nH]2)CC1Cc1ccccc1. The molecule has 0 aliphatic carbocycles. The van der Waals surface area contributed by atoms with Gasteiger partial charge in [0.15, 0.2) is 0 Å². The van der Waals surface area contributed by atoms with E-state index in [4.69, 9.17) is 0 Å². The van der Waals surface area contributed by atoms with E-state index in [1.165, 1.54) is 0 Å². The van der Waals surface area contributed by atoms with E-state index < -0.39 is 10.0 Å². The van der Waals surface area contributed by atoms with Crippen LogP contribution in [0, 0.1) is 11.3 Å². The summed E-state index contributed by atoms with van der Waals surface area (Å²) in [6, 6.07) is 17.7. The lowest BCUT2D eigenvalue weighted by molar-refractivity contribution is 0.318. The minimum absolute atomic E-state index is 0.115. The van der Waals surface area contributed by atoms with E-state index in [1.807, 2.05) is 49.5 Å². The Balaban J connectivity index is 1.69. The average molecular weight is 478 g/mol. The van der Waals surface area contributed by atoms with Gasteiger partial charge in [-0.3, -0.25) is 0 Å². The highest BCUT2D eigenvalue weighted by molar-refractivity contribution is 7.89. The summed E-state index contributed by atoms with van der Waals surface area (Å²) in [5.74, 6) is 1.06. The van der Waals surface area contributed by atoms with Crippen molar-refractivity contribution >= 4 is 15.7 Å². The number of hydrogen-bond donors (Lipinski definition) is 1. The number of benzene rings is 2. The second-order valence-corrected chi connectivity index (χ2v) is 10.8. The van der Waals surface area contributed by atoms with Crippen molar-refractivity contribution in [3.8, 4) is 6.07 Å². The van der Waals surface area contributed by atoms with Crippen molar-refractivity contribution < 1.29 is 8.42 Å². The molecule has 0 radical (unpaired) electrons. The van der Waals surface area contributed by atoms with Crippen molar-refractivity contribution in [2.24, 2.45) is 0 Å². The molecule has 3 aromatic rings. The van der Waals surface area contributed by atoms with Gasteiger partial charge in [0.2, 0.25) is 10.0 Å². The zero-order chi connectivity index (χ0) is 24.0. The van der Waals surface area contributed by atoms with Crippen molar-refractivity contribution in [3.63, 3.8) is 0 Å². The van der Waals surface area contributed by atoms with Crippen molar-refractivity contribution in [1.82, 2.24) is 14.3 Å². The molecule has 0 bridgehead atoms. The number of nitriles is 1. The predicted octanol–water partition coefficient (Wildman–Crippen LogP) is 3.89. The second kappa shape index (κ2) is 10.9. The average Bonchev–Trinajstić information content (AvgIpc) is 3.30. The molecule has 0 saturated heterocycles. The van der Waals surface area contributed by atoms with Gasteiger partial charge < -0.3 is 9.88 Å². The molecule has 8 heteroatoms. The van der Waals surface area contributed by atoms with E-state index in [9.17, 15) is 13.7 Å². The van der Waals surface area contributed by atoms with E-state index in [0.717, 1.165) is 42.0 Å². The zero-order valence-electron chi connectivity index (χ0n) is 19.5. The topological polar surface area (TPSA) is 93.1 Å². The van der Waals surface area contributed by atoms with Crippen LogP contribution in [0.5, 0.6) is 0 Å². The number of hydrogen-bond acceptors (Lipinski definition) is 5. The number of aryl methyl sites for hydroxylation is 1. The lowest BCUT2D eigenvalue weighted by Crippen LogP contribution is -2.46. The Bertz CT molecular complexity index is 1220. The molecule has 1 aromatic heterocycles. The number of imidazole rings is 1. The summed E-state index contributed by atoms with van der Waals surface area (Å²) in [5, 5.41) is 9.47. The molecule has 4 rings (SSSR count). The highest BCUT2D eigenvalue weighted by atomic mass is 32.2. The van der Waals surface area contributed by atoms with Crippen LogP contribution in [0.15, 0.2) is 60.9 Å². The number of H-pyrrole nitrogens is 1. The van der Waals surface area contributed by atoms with Crippen LogP contribution in [0.2, 0.25) is 0 Å². The number of nitrogens with one attached hydrogen (secondary N) is 1. The van der Waals surface area contributed by atoms with E-state index in [0.29, 0.717) is 24.9 Å². The van der Waals surface area contributed by atoms with Gasteiger partial charge in [0.05, 0.1) is 17.4 Å². The van der Waals surface area contributed by atoms with Crippen LogP contribution >= 0.6 is 0 Å². The number of fused-ring (bicyclic) bond motifs is 1. The molecule has 34 heavy (non-hydrogen) atoms. The van der Waals surface area contributed by atoms with Crippen LogP contribution in [-0.4, -0.2) is 47.6 Å². The Kier molecular flexibility index (Phi) is 7.66. The fraction of sp³-hybridized carbons (Fsp3) is 0.385. The van der Waals surface area contributed by atoms with Gasteiger partial charge in [-0.25, -0.2) is 13.4 Å². The molecule has 1 aliphatic rings. The summed E-state index contributed by atoms with van der Waals surface area (Å²) >= 11 is 0. The lowest BCUT2D eigenvalue weighted by Gasteiger charge is -2.32. The number of anilines is 1. The van der Waals surface area contributed by atoms with Crippen LogP contribution in [0.25, 0.3) is 0 Å². The van der Waals surface area contributed by atoms with Gasteiger partial charge in [-0.05, 0) is 48.6 Å². The number of sulfonamides is 1. The molecule has 0 fully saturated rings. The first-order valence-corrected chi connectivity index (χ1v) is 13.4. The Morgan fingerprint density at radius 2 is 2.03 bits per heavy atom. The molecule has 178 valence electrons. The number of rotatable bonds is 9. The number of aromatic amines is 1. The van der Waals surface area contributed by atoms with Gasteiger partial charge in [0.1, 0.15) is 5.82 Å². The van der Waals surface area contributed by atoms with Gasteiger partial charge in [-0.2, -0.15) is 9.57 Å². The molecular formula is C26H31N5O2S. The van der Waals surface area contributed by atoms with E-state index in [2.05, 4.69) is 33.1 Å². The third-order valence-electron chi connectivity index (χ3n) is 6.24. The van der Waals surface area contributed by atoms with Crippen molar-refractivity contribution in [2.45, 2.75) is 45.2 Å². The normalized spacial score (nSPS) is 16.6. The predicted molar refractivity (Wildman–Crippen MR) is 134 cm³/mol. The maximum absolute atomic E-state index is 13.4. The maximum atomic E-state index is 13.4. The van der Waals surface area contributed by atoms with Crippen LogP contribution in [0.4, 0.5) is 5.69 Å². The van der Waals surface area contributed by atoms with Crippen LogP contribution in [0.1, 0.15) is 42.3 Å². The Morgan fingerprint density at radius 3 is 2.74 bits per heavy atom. The van der Waals surface area contributed by atoms with Crippen LogP contribution < -0.4 is 4.90 Å². The second-order valence-electron chi connectivity index (χ2n) is 8.75. The van der Waals surface area contributed by atoms with Crippen LogP contribution in [0.3, 0.4) is 0 Å². The van der Waals surface area contributed by atoms with Crippen molar-refractivity contribution in [3.05, 3.63) is 83.4 Å². The number of aromatic nitrogens is 2. The third-order valence-corrected chi connectivity index (χ3v) is 8.31. The van der Waals surface area contributed by atoms with E-state index in [-0.39, 0.29) is 18.3 Å².